The number of carbonyl (C=O) groups is 1. The van der Waals surface area contributed by atoms with Gasteiger partial charge in [0, 0.05) is 13.1 Å². The number of carboxylic acid groups (broad SMARTS) is 1. The SMILES string of the molecule is O=C(O)c1ccc2nc(N3CCC(O)CC3)sc2c1. The van der Waals surface area contributed by atoms with Crippen LogP contribution in [-0.4, -0.2) is 40.4 Å². The fourth-order valence-electron chi connectivity index (χ4n) is 2.24. The molecule has 1 saturated heterocycles. The van der Waals surface area contributed by atoms with Crippen LogP contribution < -0.4 is 4.90 Å². The predicted molar refractivity (Wildman–Crippen MR) is 74.0 cm³/mol. The van der Waals surface area contributed by atoms with Gasteiger partial charge < -0.3 is 15.1 Å². The van der Waals surface area contributed by atoms with E-state index in [0.29, 0.717) is 0 Å². The molecule has 1 aromatic heterocycles. The summed E-state index contributed by atoms with van der Waals surface area (Å²) in [6.45, 7) is 1.60. The smallest absolute Gasteiger partial charge is 0.335 e. The topological polar surface area (TPSA) is 73.7 Å². The van der Waals surface area contributed by atoms with Crippen molar-refractivity contribution in [1.82, 2.24) is 4.98 Å². The Kier molecular flexibility index (Phi) is 3.12. The molecule has 1 fully saturated rings. The Balaban J connectivity index is 1.91. The largest absolute Gasteiger partial charge is 0.478 e. The van der Waals surface area contributed by atoms with Crippen LogP contribution in [0.15, 0.2) is 18.2 Å². The van der Waals surface area contributed by atoms with E-state index in [9.17, 15) is 9.90 Å². The summed E-state index contributed by atoms with van der Waals surface area (Å²) >= 11 is 1.51. The van der Waals surface area contributed by atoms with E-state index in [1.54, 1.807) is 18.2 Å². The van der Waals surface area contributed by atoms with Crippen LogP contribution >= 0.6 is 11.3 Å². The summed E-state index contributed by atoms with van der Waals surface area (Å²) < 4.78 is 0.890. The molecular formula is C13H14N2O3S. The number of carboxylic acids is 1. The van der Waals surface area contributed by atoms with Crippen molar-refractivity contribution in [2.75, 3.05) is 18.0 Å². The zero-order valence-electron chi connectivity index (χ0n) is 10.2. The second-order valence-corrected chi connectivity index (χ2v) is 5.71. The van der Waals surface area contributed by atoms with E-state index >= 15 is 0 Å². The standard InChI is InChI=1S/C13H14N2O3S/c16-9-3-5-15(6-4-9)13-14-10-2-1-8(12(17)18)7-11(10)19-13/h1-2,7,9,16H,3-6H2,(H,17,18). The molecule has 0 atom stereocenters. The van der Waals surface area contributed by atoms with Gasteiger partial charge in [-0.3, -0.25) is 0 Å². The zero-order valence-corrected chi connectivity index (χ0v) is 11.1. The molecule has 2 heterocycles. The summed E-state index contributed by atoms with van der Waals surface area (Å²) in [6.07, 6.45) is 1.32. The van der Waals surface area contributed by atoms with Crippen molar-refractivity contribution < 1.29 is 15.0 Å². The molecule has 0 aliphatic carbocycles. The van der Waals surface area contributed by atoms with Crippen molar-refractivity contribution in [2.24, 2.45) is 0 Å². The molecule has 0 saturated carbocycles. The average Bonchev–Trinajstić information content (AvgIpc) is 2.82. The Morgan fingerprint density at radius 2 is 2.11 bits per heavy atom. The Labute approximate surface area is 114 Å². The van der Waals surface area contributed by atoms with Crippen LogP contribution in [0.1, 0.15) is 23.2 Å². The van der Waals surface area contributed by atoms with Crippen molar-refractivity contribution in [2.45, 2.75) is 18.9 Å². The molecular weight excluding hydrogens is 264 g/mol. The van der Waals surface area contributed by atoms with Crippen molar-refractivity contribution in [3.05, 3.63) is 23.8 Å². The third-order valence-electron chi connectivity index (χ3n) is 3.36. The van der Waals surface area contributed by atoms with Crippen LogP contribution in [0, 0.1) is 0 Å². The lowest BCUT2D eigenvalue weighted by Gasteiger charge is -2.28. The first-order chi connectivity index (χ1) is 9.13. The highest BCUT2D eigenvalue weighted by atomic mass is 32.1. The molecule has 0 radical (unpaired) electrons. The number of benzene rings is 1. The number of rotatable bonds is 2. The normalized spacial score (nSPS) is 17.0. The van der Waals surface area contributed by atoms with Gasteiger partial charge in [0.2, 0.25) is 0 Å². The molecule has 19 heavy (non-hydrogen) atoms. The number of hydrogen-bond acceptors (Lipinski definition) is 5. The van der Waals surface area contributed by atoms with Gasteiger partial charge in [-0.15, -0.1) is 0 Å². The minimum Gasteiger partial charge on any atom is -0.478 e. The maximum absolute atomic E-state index is 10.9. The number of thiazole rings is 1. The van der Waals surface area contributed by atoms with Crippen LogP contribution in [0.2, 0.25) is 0 Å². The van der Waals surface area contributed by atoms with Gasteiger partial charge in [0.25, 0.3) is 0 Å². The number of nitrogens with zero attached hydrogens (tertiary/aromatic N) is 2. The van der Waals surface area contributed by atoms with Crippen molar-refractivity contribution in [1.29, 1.82) is 0 Å². The van der Waals surface area contributed by atoms with E-state index in [1.807, 2.05) is 0 Å². The van der Waals surface area contributed by atoms with Crippen LogP contribution in [0.4, 0.5) is 5.13 Å². The lowest BCUT2D eigenvalue weighted by Crippen LogP contribution is -2.35. The lowest BCUT2D eigenvalue weighted by molar-refractivity contribution is 0.0697. The summed E-state index contributed by atoms with van der Waals surface area (Å²) in [5, 5.41) is 19.4. The summed E-state index contributed by atoms with van der Waals surface area (Å²) in [5.41, 5.74) is 1.12. The molecule has 0 amide bonds. The van der Waals surface area contributed by atoms with E-state index in [0.717, 1.165) is 41.3 Å². The van der Waals surface area contributed by atoms with Gasteiger partial charge in [0.15, 0.2) is 5.13 Å². The number of aliphatic hydroxyl groups is 1. The highest BCUT2D eigenvalue weighted by Crippen LogP contribution is 2.31. The maximum atomic E-state index is 10.9. The Morgan fingerprint density at radius 1 is 1.37 bits per heavy atom. The number of aliphatic hydroxyl groups excluding tert-OH is 1. The van der Waals surface area contributed by atoms with E-state index in [-0.39, 0.29) is 11.7 Å². The number of anilines is 1. The van der Waals surface area contributed by atoms with Gasteiger partial charge in [-0.2, -0.15) is 0 Å². The highest BCUT2D eigenvalue weighted by Gasteiger charge is 2.20. The fraction of sp³-hybridized carbons (Fsp3) is 0.385. The van der Waals surface area contributed by atoms with Gasteiger partial charge in [-0.05, 0) is 31.0 Å². The summed E-state index contributed by atoms with van der Waals surface area (Å²) in [4.78, 5) is 17.6. The highest BCUT2D eigenvalue weighted by molar-refractivity contribution is 7.22. The Hall–Kier alpha value is -1.66. The maximum Gasteiger partial charge on any atom is 0.335 e. The van der Waals surface area contributed by atoms with E-state index in [1.165, 1.54) is 11.3 Å². The van der Waals surface area contributed by atoms with Gasteiger partial charge >= 0.3 is 5.97 Å². The molecule has 2 N–H and O–H groups in total. The molecule has 6 heteroatoms. The third kappa shape index (κ3) is 2.41. The second kappa shape index (κ2) is 4.79. The molecule has 3 rings (SSSR count). The van der Waals surface area contributed by atoms with Gasteiger partial charge in [-0.1, -0.05) is 11.3 Å². The molecule has 0 bridgehead atoms. The Bertz CT molecular complexity index is 617. The van der Waals surface area contributed by atoms with E-state index in [2.05, 4.69) is 9.88 Å². The molecule has 2 aromatic rings. The molecule has 1 aromatic carbocycles. The van der Waals surface area contributed by atoms with Crippen LogP contribution in [-0.2, 0) is 0 Å². The number of aromatic carboxylic acids is 1. The van der Waals surface area contributed by atoms with Crippen LogP contribution in [0.5, 0.6) is 0 Å². The molecule has 100 valence electrons. The molecule has 0 unspecified atom stereocenters. The molecule has 1 aliphatic rings. The van der Waals surface area contributed by atoms with Crippen LogP contribution in [0.3, 0.4) is 0 Å². The average molecular weight is 278 g/mol. The number of hydrogen-bond donors (Lipinski definition) is 2. The van der Waals surface area contributed by atoms with Crippen molar-refractivity contribution in [3.8, 4) is 0 Å². The van der Waals surface area contributed by atoms with E-state index < -0.39 is 5.97 Å². The van der Waals surface area contributed by atoms with Crippen molar-refractivity contribution >= 4 is 32.7 Å². The summed E-state index contributed by atoms with van der Waals surface area (Å²) in [5.74, 6) is -0.919. The monoisotopic (exact) mass is 278 g/mol. The number of aromatic nitrogens is 1. The first-order valence-corrected chi connectivity index (χ1v) is 7.02. The first-order valence-electron chi connectivity index (χ1n) is 6.20. The van der Waals surface area contributed by atoms with Gasteiger partial charge in [0.05, 0.1) is 21.9 Å². The fourth-order valence-corrected chi connectivity index (χ4v) is 3.29. The summed E-state index contributed by atoms with van der Waals surface area (Å²) in [7, 11) is 0. The lowest BCUT2D eigenvalue weighted by atomic mass is 10.1. The molecule has 5 nitrogen and oxygen atoms in total. The minimum absolute atomic E-state index is 0.204. The quantitative estimate of drug-likeness (QED) is 0.878. The number of piperidine rings is 1. The zero-order chi connectivity index (χ0) is 13.4. The predicted octanol–water partition coefficient (Wildman–Crippen LogP) is 1.96. The molecule has 1 aliphatic heterocycles. The van der Waals surface area contributed by atoms with Gasteiger partial charge in [-0.25, -0.2) is 9.78 Å². The van der Waals surface area contributed by atoms with Crippen molar-refractivity contribution in [3.63, 3.8) is 0 Å². The third-order valence-corrected chi connectivity index (χ3v) is 4.44. The Morgan fingerprint density at radius 3 is 2.79 bits per heavy atom. The second-order valence-electron chi connectivity index (χ2n) is 4.70. The number of fused-ring (bicyclic) bond motifs is 1. The summed E-state index contributed by atoms with van der Waals surface area (Å²) in [6, 6.07) is 4.99. The molecule has 0 spiro atoms. The first kappa shape index (κ1) is 12.4. The van der Waals surface area contributed by atoms with Gasteiger partial charge in [0.1, 0.15) is 0 Å². The minimum atomic E-state index is -0.919. The van der Waals surface area contributed by atoms with Crippen LogP contribution in [0.25, 0.3) is 10.2 Å². The van der Waals surface area contributed by atoms with E-state index in [4.69, 9.17) is 5.11 Å².